The Hall–Kier alpha value is -4.17. The van der Waals surface area contributed by atoms with Crippen LogP contribution in [0.1, 0.15) is 32.3 Å². The largest absolute Gasteiger partial charge is 0.369 e. The first-order valence-electron chi connectivity index (χ1n) is 13.0. The number of aromatic nitrogens is 2. The van der Waals surface area contributed by atoms with E-state index in [4.69, 9.17) is 0 Å². The smallest absolute Gasteiger partial charge is 0.247 e. The minimum absolute atomic E-state index is 0.0725. The topological polar surface area (TPSA) is 130 Å². The van der Waals surface area contributed by atoms with Crippen LogP contribution in [0, 0.1) is 11.3 Å². The molecular formula is C27H35N9O2. The Kier molecular flexibility index (Phi) is 8.76. The Bertz CT molecular complexity index is 1210. The van der Waals surface area contributed by atoms with Gasteiger partial charge >= 0.3 is 0 Å². The molecule has 1 aromatic carbocycles. The normalized spacial score (nSPS) is 16.4. The predicted octanol–water partition coefficient (Wildman–Crippen LogP) is 2.78. The lowest BCUT2D eigenvalue weighted by Gasteiger charge is -2.35. The van der Waals surface area contributed by atoms with Gasteiger partial charge in [-0.15, -0.1) is 0 Å². The van der Waals surface area contributed by atoms with Crippen molar-refractivity contribution in [1.29, 1.82) is 5.26 Å². The maximum Gasteiger partial charge on any atom is 0.247 e. The Morgan fingerprint density at radius 3 is 2.53 bits per heavy atom. The van der Waals surface area contributed by atoms with Crippen LogP contribution in [-0.4, -0.2) is 83.4 Å². The average molecular weight is 518 g/mol. The number of nitriles is 1. The van der Waals surface area contributed by atoms with Gasteiger partial charge in [-0.3, -0.25) is 9.59 Å². The highest BCUT2D eigenvalue weighted by atomic mass is 16.2. The second-order valence-corrected chi connectivity index (χ2v) is 9.46. The van der Waals surface area contributed by atoms with Crippen molar-refractivity contribution in [3.05, 3.63) is 42.6 Å². The zero-order chi connectivity index (χ0) is 27.1. The number of carbonyl (C=O) groups is 2. The van der Waals surface area contributed by atoms with Gasteiger partial charge in [-0.2, -0.15) is 10.2 Å². The van der Waals surface area contributed by atoms with E-state index in [1.54, 1.807) is 6.92 Å². The van der Waals surface area contributed by atoms with E-state index in [0.29, 0.717) is 41.8 Å². The predicted molar refractivity (Wildman–Crippen MR) is 149 cm³/mol. The molecule has 0 bridgehead atoms. The van der Waals surface area contributed by atoms with E-state index in [0.717, 1.165) is 51.3 Å². The van der Waals surface area contributed by atoms with Crippen molar-refractivity contribution in [3.63, 3.8) is 0 Å². The number of anilines is 5. The Morgan fingerprint density at radius 1 is 1.16 bits per heavy atom. The van der Waals surface area contributed by atoms with E-state index < -0.39 is 0 Å². The lowest BCUT2D eigenvalue weighted by molar-refractivity contribution is -0.129. The molecule has 2 fully saturated rings. The fourth-order valence-corrected chi connectivity index (χ4v) is 4.73. The molecule has 0 atom stereocenters. The lowest BCUT2D eigenvalue weighted by Crippen LogP contribution is -2.46. The van der Waals surface area contributed by atoms with Gasteiger partial charge in [-0.25, -0.2) is 4.98 Å². The number of nitrogens with one attached hydrogen (secondary N) is 3. The summed E-state index contributed by atoms with van der Waals surface area (Å²) in [6.45, 7) is 13.5. The molecule has 0 aliphatic carbocycles. The van der Waals surface area contributed by atoms with E-state index in [1.807, 2.05) is 23.1 Å². The third-order valence-corrected chi connectivity index (χ3v) is 7.07. The number of amides is 2. The number of hydrogen-bond donors (Lipinski definition) is 3. The van der Waals surface area contributed by atoms with Crippen molar-refractivity contribution >= 4 is 40.6 Å². The Morgan fingerprint density at radius 2 is 1.89 bits per heavy atom. The molecule has 2 aliphatic heterocycles. The van der Waals surface area contributed by atoms with Gasteiger partial charge in [0.05, 0.1) is 17.6 Å². The van der Waals surface area contributed by atoms with Gasteiger partial charge in [-0.05, 0) is 43.7 Å². The molecule has 2 amide bonds. The molecule has 4 rings (SSSR count). The number of benzene rings is 1. The van der Waals surface area contributed by atoms with Crippen LogP contribution >= 0.6 is 0 Å². The Balaban J connectivity index is 1.53. The second-order valence-electron chi connectivity index (χ2n) is 9.46. The summed E-state index contributed by atoms with van der Waals surface area (Å²) in [6.07, 6.45) is 4.24. The third kappa shape index (κ3) is 6.58. The van der Waals surface area contributed by atoms with Crippen molar-refractivity contribution in [2.45, 2.75) is 32.7 Å². The molecule has 200 valence electrons. The molecule has 0 spiro atoms. The van der Waals surface area contributed by atoms with Crippen LogP contribution in [0.4, 0.5) is 28.8 Å². The molecule has 3 heterocycles. The number of piperidine rings is 1. The number of likely N-dealkylation sites (N-methyl/N-ethyl adjacent to an activating group) is 1. The van der Waals surface area contributed by atoms with E-state index in [-0.39, 0.29) is 17.9 Å². The summed E-state index contributed by atoms with van der Waals surface area (Å²) in [7, 11) is 0. The van der Waals surface area contributed by atoms with Crippen molar-refractivity contribution in [3.8, 4) is 6.07 Å². The fraction of sp³-hybridized carbons (Fsp3) is 0.444. The molecule has 11 nitrogen and oxygen atoms in total. The first kappa shape index (κ1) is 26.9. The Labute approximate surface area is 223 Å². The average Bonchev–Trinajstić information content (AvgIpc) is 2.94. The maximum atomic E-state index is 12.2. The summed E-state index contributed by atoms with van der Waals surface area (Å²) in [4.78, 5) is 39.3. The van der Waals surface area contributed by atoms with Gasteiger partial charge in [0.15, 0.2) is 0 Å². The first-order valence-corrected chi connectivity index (χ1v) is 13.0. The van der Waals surface area contributed by atoms with Crippen LogP contribution in [0.25, 0.3) is 0 Å². The van der Waals surface area contributed by atoms with Crippen LogP contribution in [-0.2, 0) is 9.59 Å². The van der Waals surface area contributed by atoms with Crippen LogP contribution in [0.15, 0.2) is 37.1 Å². The van der Waals surface area contributed by atoms with Crippen LogP contribution in [0.3, 0.4) is 0 Å². The molecule has 1 aromatic heterocycles. The van der Waals surface area contributed by atoms with E-state index >= 15 is 0 Å². The quantitative estimate of drug-likeness (QED) is 0.453. The van der Waals surface area contributed by atoms with Gasteiger partial charge in [0.25, 0.3) is 0 Å². The first-order chi connectivity index (χ1) is 18.4. The summed E-state index contributed by atoms with van der Waals surface area (Å²) in [6, 6.07) is 8.09. The summed E-state index contributed by atoms with van der Waals surface area (Å²) >= 11 is 0. The molecule has 0 unspecified atom stereocenters. The molecule has 2 aromatic rings. The number of piperazine rings is 1. The molecule has 2 saturated heterocycles. The minimum Gasteiger partial charge on any atom is -0.369 e. The number of hydrogen-bond acceptors (Lipinski definition) is 9. The molecule has 38 heavy (non-hydrogen) atoms. The summed E-state index contributed by atoms with van der Waals surface area (Å²) in [5.41, 5.74) is 2.57. The third-order valence-electron chi connectivity index (χ3n) is 7.07. The van der Waals surface area contributed by atoms with E-state index in [1.165, 1.54) is 12.3 Å². The monoisotopic (exact) mass is 517 g/mol. The number of carbonyl (C=O) groups excluding carboxylic acids is 2. The van der Waals surface area contributed by atoms with Gasteiger partial charge in [-0.1, -0.05) is 13.5 Å². The number of rotatable bonds is 8. The van der Waals surface area contributed by atoms with Crippen molar-refractivity contribution in [2.75, 3.05) is 66.7 Å². The summed E-state index contributed by atoms with van der Waals surface area (Å²) < 4.78 is 0. The highest BCUT2D eigenvalue weighted by Gasteiger charge is 2.22. The molecule has 0 radical (unpaired) electrons. The highest BCUT2D eigenvalue weighted by molar-refractivity contribution is 6.02. The van der Waals surface area contributed by atoms with Crippen LogP contribution < -0.4 is 20.9 Å². The van der Waals surface area contributed by atoms with Crippen molar-refractivity contribution in [1.82, 2.24) is 19.8 Å². The number of likely N-dealkylation sites (tertiary alicyclic amines) is 1. The minimum atomic E-state index is -0.319. The summed E-state index contributed by atoms with van der Waals surface area (Å²) in [5, 5.41) is 19.0. The fourth-order valence-electron chi connectivity index (χ4n) is 4.73. The van der Waals surface area contributed by atoms with Crippen molar-refractivity contribution < 1.29 is 9.59 Å². The highest BCUT2D eigenvalue weighted by Crippen LogP contribution is 2.31. The van der Waals surface area contributed by atoms with Gasteiger partial charge in [0.2, 0.25) is 17.8 Å². The van der Waals surface area contributed by atoms with E-state index in [2.05, 4.69) is 55.3 Å². The molecule has 11 heteroatoms. The maximum absolute atomic E-state index is 12.2. The number of nitrogens with zero attached hydrogens (tertiary/aromatic N) is 6. The van der Waals surface area contributed by atoms with E-state index in [9.17, 15) is 14.9 Å². The standard InChI is InChI=1S/C27H35N9O2/c1-4-25(38)31-24-16-22(36-14-12-34(5-2)13-15-36)6-7-23(24)32-27-29-18-20(17-28)26(33-27)30-21-8-10-35(11-9-21)19(3)37/h4,6-7,16,18,21H,1,5,8-15H2,2-3H3,(H,31,38)(H2,29,30,32,33). The zero-order valence-corrected chi connectivity index (χ0v) is 22.0. The van der Waals surface area contributed by atoms with Gasteiger partial charge < -0.3 is 30.7 Å². The lowest BCUT2D eigenvalue weighted by atomic mass is 10.0. The molecule has 0 saturated carbocycles. The van der Waals surface area contributed by atoms with Crippen molar-refractivity contribution in [2.24, 2.45) is 0 Å². The van der Waals surface area contributed by atoms with Crippen LogP contribution in [0.5, 0.6) is 0 Å². The zero-order valence-electron chi connectivity index (χ0n) is 22.0. The van der Waals surface area contributed by atoms with Crippen LogP contribution in [0.2, 0.25) is 0 Å². The molecule has 3 N–H and O–H groups in total. The molecule has 2 aliphatic rings. The second kappa shape index (κ2) is 12.4. The summed E-state index contributed by atoms with van der Waals surface area (Å²) in [5.74, 6) is 0.490. The van der Waals surface area contributed by atoms with Gasteiger partial charge in [0.1, 0.15) is 17.5 Å². The SMILES string of the molecule is C=CC(=O)Nc1cc(N2CCN(CC)CC2)ccc1Nc1ncc(C#N)c(NC2CCN(C(C)=O)CC2)n1. The van der Waals surface area contributed by atoms with Gasteiger partial charge in [0, 0.05) is 57.9 Å². The molecular weight excluding hydrogens is 482 g/mol.